The fraction of sp³-hybridized carbons (Fsp3) is 0.286. The van der Waals surface area contributed by atoms with Crippen LogP contribution in [0.25, 0.3) is 0 Å². The number of rotatable bonds is 8. The van der Waals surface area contributed by atoms with Crippen LogP contribution in [-0.4, -0.2) is 43.3 Å². The molecular formula is C21H24BrN3O4S. The Morgan fingerprint density at radius 2 is 1.80 bits per heavy atom. The first-order valence-electron chi connectivity index (χ1n) is 9.25. The Morgan fingerprint density at radius 3 is 2.50 bits per heavy atom. The quantitative estimate of drug-likeness (QED) is 0.383. The first kappa shape index (κ1) is 23.8. The maximum Gasteiger partial charge on any atom is 0.261 e. The monoisotopic (exact) mass is 493 g/mol. The van der Waals surface area contributed by atoms with Crippen LogP contribution in [0.2, 0.25) is 0 Å². The summed E-state index contributed by atoms with van der Waals surface area (Å²) in [4.78, 5) is 25.2. The van der Waals surface area contributed by atoms with E-state index in [0.717, 1.165) is 4.47 Å². The summed E-state index contributed by atoms with van der Waals surface area (Å²) in [6.45, 7) is 4.46. The summed E-state index contributed by atoms with van der Waals surface area (Å²) in [5.41, 5.74) is 1.23. The van der Waals surface area contributed by atoms with Gasteiger partial charge >= 0.3 is 0 Å². The topological polar surface area (TPSA) is 88.7 Å². The van der Waals surface area contributed by atoms with E-state index in [0.29, 0.717) is 35.8 Å². The van der Waals surface area contributed by atoms with Crippen molar-refractivity contribution in [2.45, 2.75) is 19.9 Å². The number of amides is 2. The number of benzene rings is 2. The number of hydrogen-bond acceptors (Lipinski definition) is 5. The van der Waals surface area contributed by atoms with Crippen LogP contribution in [0, 0.1) is 0 Å². The van der Waals surface area contributed by atoms with Crippen LogP contribution >= 0.6 is 28.1 Å². The molecule has 0 radical (unpaired) electrons. The Morgan fingerprint density at radius 1 is 1.07 bits per heavy atom. The molecule has 9 heteroatoms. The molecular weight excluding hydrogens is 470 g/mol. The SMILES string of the molecule is COCCOc1ccc(Br)cc1C(=O)NC(=S)Nc1ccccc1C(=O)NC(C)C. The van der Waals surface area contributed by atoms with Gasteiger partial charge < -0.3 is 20.1 Å². The number of anilines is 1. The number of thiocarbonyl (C=S) groups is 1. The third kappa shape index (κ3) is 7.08. The van der Waals surface area contributed by atoms with E-state index in [9.17, 15) is 9.59 Å². The molecule has 0 aliphatic heterocycles. The summed E-state index contributed by atoms with van der Waals surface area (Å²) < 4.78 is 11.3. The van der Waals surface area contributed by atoms with Gasteiger partial charge in [0.15, 0.2) is 5.11 Å². The van der Waals surface area contributed by atoms with Crippen molar-refractivity contribution in [3.63, 3.8) is 0 Å². The van der Waals surface area contributed by atoms with Crippen molar-refractivity contribution in [1.82, 2.24) is 10.6 Å². The number of ether oxygens (including phenoxy) is 2. The molecule has 0 spiro atoms. The van der Waals surface area contributed by atoms with Crippen LogP contribution < -0.4 is 20.7 Å². The highest BCUT2D eigenvalue weighted by Crippen LogP contribution is 2.23. The minimum Gasteiger partial charge on any atom is -0.490 e. The highest BCUT2D eigenvalue weighted by molar-refractivity contribution is 9.10. The Labute approximate surface area is 189 Å². The molecule has 0 atom stereocenters. The van der Waals surface area contributed by atoms with E-state index in [-0.39, 0.29) is 17.1 Å². The standard InChI is InChI=1S/C21H24BrN3O4S/c1-13(2)23-19(26)15-6-4-5-7-17(15)24-21(30)25-20(27)16-12-14(22)8-9-18(16)29-11-10-28-3/h4-9,12-13H,10-11H2,1-3H3,(H,23,26)(H2,24,25,27,30). The van der Waals surface area contributed by atoms with Gasteiger partial charge in [0.25, 0.3) is 11.8 Å². The summed E-state index contributed by atoms with van der Waals surface area (Å²) in [6, 6.07) is 12.0. The molecule has 0 saturated carbocycles. The fourth-order valence-corrected chi connectivity index (χ4v) is 3.06. The summed E-state index contributed by atoms with van der Waals surface area (Å²) in [5.74, 6) is -0.263. The predicted octanol–water partition coefficient (Wildman–Crippen LogP) is 3.74. The summed E-state index contributed by atoms with van der Waals surface area (Å²) in [7, 11) is 1.57. The maximum atomic E-state index is 12.8. The van der Waals surface area contributed by atoms with Crippen molar-refractivity contribution < 1.29 is 19.1 Å². The number of carbonyl (C=O) groups is 2. The molecule has 0 aliphatic rings. The Balaban J connectivity index is 2.12. The van der Waals surface area contributed by atoms with Crippen molar-refractivity contribution in [1.29, 1.82) is 0 Å². The van der Waals surface area contributed by atoms with Crippen molar-refractivity contribution in [3.05, 3.63) is 58.1 Å². The number of methoxy groups -OCH3 is 1. The molecule has 0 unspecified atom stereocenters. The predicted molar refractivity (Wildman–Crippen MR) is 124 cm³/mol. The second-order valence-corrected chi connectivity index (χ2v) is 7.89. The molecule has 160 valence electrons. The van der Waals surface area contributed by atoms with Crippen molar-refractivity contribution >= 4 is 50.8 Å². The molecule has 7 nitrogen and oxygen atoms in total. The minimum atomic E-state index is -0.440. The summed E-state index contributed by atoms with van der Waals surface area (Å²) in [6.07, 6.45) is 0. The van der Waals surface area contributed by atoms with Crippen LogP contribution in [0.5, 0.6) is 5.75 Å². The van der Waals surface area contributed by atoms with Gasteiger partial charge in [-0.2, -0.15) is 0 Å². The van der Waals surface area contributed by atoms with Crippen LogP contribution in [-0.2, 0) is 4.74 Å². The highest BCUT2D eigenvalue weighted by atomic mass is 79.9. The van der Waals surface area contributed by atoms with Crippen molar-refractivity contribution in [2.24, 2.45) is 0 Å². The highest BCUT2D eigenvalue weighted by Gasteiger charge is 2.17. The normalized spacial score (nSPS) is 10.4. The van der Waals surface area contributed by atoms with E-state index in [4.69, 9.17) is 21.7 Å². The molecule has 2 aromatic rings. The lowest BCUT2D eigenvalue weighted by atomic mass is 10.1. The largest absolute Gasteiger partial charge is 0.490 e. The Kier molecular flexibility index (Phi) is 9.22. The smallest absolute Gasteiger partial charge is 0.261 e. The van der Waals surface area contributed by atoms with Gasteiger partial charge in [-0.3, -0.25) is 14.9 Å². The first-order valence-corrected chi connectivity index (χ1v) is 10.5. The van der Waals surface area contributed by atoms with Gasteiger partial charge in [-0.25, -0.2) is 0 Å². The first-order chi connectivity index (χ1) is 14.3. The van der Waals surface area contributed by atoms with E-state index in [1.165, 1.54) is 0 Å². The van der Waals surface area contributed by atoms with Crippen molar-refractivity contribution in [2.75, 3.05) is 25.6 Å². The average Bonchev–Trinajstić information content (AvgIpc) is 2.69. The van der Waals surface area contributed by atoms with Crippen LogP contribution in [0.15, 0.2) is 46.9 Å². The van der Waals surface area contributed by atoms with E-state index >= 15 is 0 Å². The van der Waals surface area contributed by atoms with Gasteiger partial charge in [0.1, 0.15) is 12.4 Å². The minimum absolute atomic E-state index is 0.00901. The molecule has 0 saturated heterocycles. The lowest BCUT2D eigenvalue weighted by Gasteiger charge is -2.16. The number of carbonyl (C=O) groups excluding carboxylic acids is 2. The molecule has 0 fully saturated rings. The Hall–Kier alpha value is -2.49. The third-order valence-corrected chi connectivity index (χ3v) is 4.50. The van der Waals surface area contributed by atoms with E-state index in [2.05, 4.69) is 31.9 Å². The zero-order valence-electron chi connectivity index (χ0n) is 17.0. The zero-order chi connectivity index (χ0) is 22.1. The number of halogens is 1. The molecule has 0 bridgehead atoms. The second kappa shape index (κ2) is 11.6. The van der Waals surface area contributed by atoms with Gasteiger partial charge in [-0.1, -0.05) is 28.1 Å². The van der Waals surface area contributed by atoms with Crippen LogP contribution in [0.4, 0.5) is 5.69 Å². The van der Waals surface area contributed by atoms with Crippen molar-refractivity contribution in [3.8, 4) is 5.75 Å². The zero-order valence-corrected chi connectivity index (χ0v) is 19.4. The average molecular weight is 494 g/mol. The van der Waals surface area contributed by atoms with Gasteiger partial charge in [0.05, 0.1) is 23.4 Å². The van der Waals surface area contributed by atoms with Crippen LogP contribution in [0.3, 0.4) is 0 Å². The van der Waals surface area contributed by atoms with Crippen LogP contribution in [0.1, 0.15) is 34.6 Å². The van der Waals surface area contributed by atoms with Gasteiger partial charge in [0.2, 0.25) is 0 Å². The molecule has 2 amide bonds. The lowest BCUT2D eigenvalue weighted by Crippen LogP contribution is -2.36. The molecule has 0 heterocycles. The lowest BCUT2D eigenvalue weighted by molar-refractivity contribution is 0.0942. The molecule has 3 N–H and O–H groups in total. The number of para-hydroxylation sites is 1. The second-order valence-electron chi connectivity index (χ2n) is 6.56. The summed E-state index contributed by atoms with van der Waals surface area (Å²) in [5, 5.41) is 8.44. The van der Waals surface area contributed by atoms with E-state index in [1.54, 1.807) is 49.6 Å². The van der Waals surface area contributed by atoms with Gasteiger partial charge in [-0.05, 0) is 56.4 Å². The summed E-state index contributed by atoms with van der Waals surface area (Å²) >= 11 is 8.64. The molecule has 30 heavy (non-hydrogen) atoms. The van der Waals surface area contributed by atoms with Gasteiger partial charge in [0, 0.05) is 17.6 Å². The molecule has 0 aromatic heterocycles. The Bertz CT molecular complexity index is 921. The third-order valence-electron chi connectivity index (χ3n) is 3.80. The molecule has 2 rings (SSSR count). The van der Waals surface area contributed by atoms with E-state index in [1.807, 2.05) is 13.8 Å². The van der Waals surface area contributed by atoms with E-state index < -0.39 is 5.91 Å². The molecule has 0 aliphatic carbocycles. The number of nitrogens with one attached hydrogen (secondary N) is 3. The maximum absolute atomic E-state index is 12.8. The number of hydrogen-bond donors (Lipinski definition) is 3. The van der Waals surface area contributed by atoms with Gasteiger partial charge in [-0.15, -0.1) is 0 Å². The fourth-order valence-electron chi connectivity index (χ4n) is 2.49. The molecule has 2 aromatic carbocycles.